The van der Waals surface area contributed by atoms with Crippen molar-refractivity contribution in [1.29, 1.82) is 0 Å². The van der Waals surface area contributed by atoms with Gasteiger partial charge in [-0.05, 0) is 74.9 Å². The number of carboxylic acids is 1. The topological polar surface area (TPSA) is 110 Å². The number of ether oxygens (including phenoxy) is 2. The number of aliphatic carboxylic acids is 1. The number of rotatable bonds is 8. The molecule has 172 valence electrons. The maximum atomic E-state index is 11.9. The summed E-state index contributed by atoms with van der Waals surface area (Å²) in [6, 6.07) is 19.0. The molecule has 0 aliphatic rings. The molecule has 2 aromatic carbocycles. The van der Waals surface area contributed by atoms with Crippen molar-refractivity contribution in [2.45, 2.75) is 38.8 Å². The normalized spacial score (nSPS) is 11.8. The lowest BCUT2D eigenvalue weighted by atomic mass is 10.1. The average Bonchev–Trinajstić information content (AvgIpc) is 2.75. The fourth-order valence-electron chi connectivity index (χ4n) is 2.91. The maximum Gasteiger partial charge on any atom is 0.408 e. The van der Waals surface area contributed by atoms with Crippen molar-refractivity contribution in [1.82, 2.24) is 10.3 Å². The summed E-state index contributed by atoms with van der Waals surface area (Å²) in [7, 11) is 0. The van der Waals surface area contributed by atoms with Gasteiger partial charge in [-0.15, -0.1) is 0 Å². The van der Waals surface area contributed by atoms with Crippen LogP contribution in [0, 0.1) is 0 Å². The molecule has 8 heteroatoms. The number of nitrogens with one attached hydrogen (secondary N) is 2. The highest BCUT2D eigenvalue weighted by molar-refractivity contribution is 5.80. The van der Waals surface area contributed by atoms with Crippen LogP contribution in [0.5, 0.6) is 11.5 Å². The Morgan fingerprint density at radius 1 is 0.970 bits per heavy atom. The Morgan fingerprint density at radius 2 is 1.61 bits per heavy atom. The van der Waals surface area contributed by atoms with Crippen LogP contribution in [-0.4, -0.2) is 33.8 Å². The number of amides is 1. The number of aromatic nitrogens is 1. The van der Waals surface area contributed by atoms with Gasteiger partial charge in [-0.1, -0.05) is 18.2 Å². The van der Waals surface area contributed by atoms with Crippen LogP contribution >= 0.6 is 0 Å². The third-order valence-corrected chi connectivity index (χ3v) is 4.38. The minimum atomic E-state index is -1.14. The Bertz CT molecular complexity index is 1060. The molecule has 3 rings (SSSR count). The minimum Gasteiger partial charge on any atom is -0.480 e. The van der Waals surface area contributed by atoms with Gasteiger partial charge in [0, 0.05) is 18.3 Å². The SMILES string of the molecule is CC(C)(C)OC(=O)N[C@@H](Cc1ccc(Oc2ccc(Nc3ccccn3)cc2)cc1)C(=O)O. The van der Waals surface area contributed by atoms with E-state index in [4.69, 9.17) is 9.47 Å². The highest BCUT2D eigenvalue weighted by Crippen LogP contribution is 2.24. The van der Waals surface area contributed by atoms with Gasteiger partial charge in [-0.2, -0.15) is 0 Å². The van der Waals surface area contributed by atoms with Crippen molar-refractivity contribution < 1.29 is 24.2 Å². The van der Waals surface area contributed by atoms with Crippen LogP contribution in [-0.2, 0) is 16.0 Å². The monoisotopic (exact) mass is 449 g/mol. The van der Waals surface area contributed by atoms with Crippen molar-refractivity contribution in [3.63, 3.8) is 0 Å². The molecule has 3 N–H and O–H groups in total. The number of benzene rings is 2. The summed E-state index contributed by atoms with van der Waals surface area (Å²) in [5.74, 6) is 0.878. The number of anilines is 2. The molecule has 0 radical (unpaired) electrons. The van der Waals surface area contributed by atoms with Crippen LogP contribution < -0.4 is 15.4 Å². The van der Waals surface area contributed by atoms with Crippen molar-refractivity contribution in [2.24, 2.45) is 0 Å². The minimum absolute atomic E-state index is 0.114. The van der Waals surface area contributed by atoms with Crippen LogP contribution in [0.15, 0.2) is 72.9 Å². The molecule has 0 aliphatic heterocycles. The van der Waals surface area contributed by atoms with Crippen molar-refractivity contribution >= 4 is 23.6 Å². The van der Waals surface area contributed by atoms with Gasteiger partial charge in [0.25, 0.3) is 0 Å². The number of nitrogens with zero attached hydrogens (tertiary/aromatic N) is 1. The first kappa shape index (κ1) is 23.6. The number of pyridine rings is 1. The summed E-state index contributed by atoms with van der Waals surface area (Å²) in [5, 5.41) is 15.0. The van der Waals surface area contributed by atoms with Crippen LogP contribution in [0.1, 0.15) is 26.3 Å². The van der Waals surface area contributed by atoms with Gasteiger partial charge in [-0.25, -0.2) is 14.6 Å². The lowest BCUT2D eigenvalue weighted by Crippen LogP contribution is -2.44. The standard InChI is InChI=1S/C25H27N3O5/c1-25(2,3)33-24(31)28-21(23(29)30)16-17-7-11-19(12-8-17)32-20-13-9-18(10-14-20)27-22-6-4-5-15-26-22/h4-15,21H,16H2,1-3H3,(H,26,27)(H,28,31)(H,29,30)/t21-/m0/s1. The van der Waals surface area contributed by atoms with E-state index in [1.54, 1.807) is 51.2 Å². The third-order valence-electron chi connectivity index (χ3n) is 4.38. The van der Waals surface area contributed by atoms with Crippen molar-refractivity contribution in [3.05, 3.63) is 78.5 Å². The molecule has 1 heterocycles. The fourth-order valence-corrected chi connectivity index (χ4v) is 2.91. The highest BCUT2D eigenvalue weighted by atomic mass is 16.6. The van der Waals surface area contributed by atoms with E-state index < -0.39 is 23.7 Å². The molecule has 8 nitrogen and oxygen atoms in total. The highest BCUT2D eigenvalue weighted by Gasteiger charge is 2.24. The molecular formula is C25H27N3O5. The van der Waals surface area contributed by atoms with E-state index >= 15 is 0 Å². The molecule has 0 bridgehead atoms. The smallest absolute Gasteiger partial charge is 0.408 e. The van der Waals surface area contributed by atoms with Gasteiger partial charge in [0.05, 0.1) is 0 Å². The molecule has 0 fully saturated rings. The van der Waals surface area contributed by atoms with E-state index in [9.17, 15) is 14.7 Å². The number of carbonyl (C=O) groups excluding carboxylic acids is 1. The second-order valence-electron chi connectivity index (χ2n) is 8.35. The number of hydrogen-bond donors (Lipinski definition) is 3. The largest absolute Gasteiger partial charge is 0.480 e. The quantitative estimate of drug-likeness (QED) is 0.437. The van der Waals surface area contributed by atoms with Crippen LogP contribution in [0.2, 0.25) is 0 Å². The molecule has 0 spiro atoms. The Morgan fingerprint density at radius 3 is 2.15 bits per heavy atom. The summed E-state index contributed by atoms with van der Waals surface area (Å²) < 4.78 is 11.0. The van der Waals surface area contributed by atoms with E-state index in [1.807, 2.05) is 42.5 Å². The lowest BCUT2D eigenvalue weighted by molar-refractivity contribution is -0.139. The van der Waals surface area contributed by atoms with Gasteiger partial charge in [-0.3, -0.25) is 0 Å². The number of hydrogen-bond acceptors (Lipinski definition) is 6. The summed E-state index contributed by atoms with van der Waals surface area (Å²) in [6.45, 7) is 5.14. The Kier molecular flexibility index (Phi) is 7.50. The van der Waals surface area contributed by atoms with E-state index in [0.29, 0.717) is 11.5 Å². The Balaban J connectivity index is 1.56. The maximum absolute atomic E-state index is 11.9. The van der Waals surface area contributed by atoms with Gasteiger partial charge >= 0.3 is 12.1 Å². The molecular weight excluding hydrogens is 422 g/mol. The number of carbonyl (C=O) groups is 2. The summed E-state index contributed by atoms with van der Waals surface area (Å²) >= 11 is 0. The fraction of sp³-hybridized carbons (Fsp3) is 0.240. The average molecular weight is 450 g/mol. The van der Waals surface area contributed by atoms with Gasteiger partial charge in [0.2, 0.25) is 0 Å². The summed E-state index contributed by atoms with van der Waals surface area (Å²) in [6.07, 6.45) is 1.06. The summed E-state index contributed by atoms with van der Waals surface area (Å²) in [4.78, 5) is 27.7. The van der Waals surface area contributed by atoms with Crippen LogP contribution in [0.25, 0.3) is 0 Å². The number of alkyl carbamates (subject to hydrolysis) is 1. The van der Waals surface area contributed by atoms with E-state index in [2.05, 4.69) is 15.6 Å². The van der Waals surface area contributed by atoms with E-state index in [-0.39, 0.29) is 6.42 Å². The van der Waals surface area contributed by atoms with Crippen molar-refractivity contribution in [3.8, 4) is 11.5 Å². The lowest BCUT2D eigenvalue weighted by Gasteiger charge is -2.22. The van der Waals surface area contributed by atoms with Crippen molar-refractivity contribution in [2.75, 3.05) is 5.32 Å². The second-order valence-corrected chi connectivity index (χ2v) is 8.35. The molecule has 1 atom stereocenters. The molecule has 0 unspecified atom stereocenters. The van der Waals surface area contributed by atoms with Crippen LogP contribution in [0.4, 0.5) is 16.3 Å². The molecule has 33 heavy (non-hydrogen) atoms. The van der Waals surface area contributed by atoms with Gasteiger partial charge in [0.15, 0.2) is 0 Å². The Hall–Kier alpha value is -4.07. The predicted molar refractivity (Wildman–Crippen MR) is 125 cm³/mol. The Labute approximate surface area is 192 Å². The van der Waals surface area contributed by atoms with E-state index in [1.165, 1.54) is 0 Å². The van der Waals surface area contributed by atoms with Crippen LogP contribution in [0.3, 0.4) is 0 Å². The molecule has 3 aromatic rings. The second kappa shape index (κ2) is 10.5. The number of carboxylic acid groups (broad SMARTS) is 1. The van der Waals surface area contributed by atoms with E-state index in [0.717, 1.165) is 17.1 Å². The molecule has 0 aliphatic carbocycles. The van der Waals surface area contributed by atoms with Gasteiger partial charge < -0.3 is 25.2 Å². The zero-order valence-corrected chi connectivity index (χ0v) is 18.7. The third kappa shape index (κ3) is 7.84. The first-order chi connectivity index (χ1) is 15.7. The van der Waals surface area contributed by atoms with Gasteiger partial charge in [0.1, 0.15) is 29.0 Å². The predicted octanol–water partition coefficient (Wildman–Crippen LogP) is 5.14. The molecule has 1 amide bonds. The first-order valence-electron chi connectivity index (χ1n) is 10.5. The zero-order valence-electron chi connectivity index (χ0n) is 18.7. The molecule has 0 saturated heterocycles. The zero-order chi connectivity index (χ0) is 23.8. The first-order valence-corrected chi connectivity index (χ1v) is 10.5. The summed E-state index contributed by atoms with van der Waals surface area (Å²) in [5.41, 5.74) is 0.910. The molecule has 0 saturated carbocycles. The molecule has 1 aromatic heterocycles.